The van der Waals surface area contributed by atoms with E-state index in [9.17, 15) is 27.2 Å². The van der Waals surface area contributed by atoms with E-state index < -0.39 is 29.9 Å². The van der Waals surface area contributed by atoms with Gasteiger partial charge in [-0.1, -0.05) is 18.2 Å². The number of rotatable bonds is 8. The molecule has 1 aliphatic heterocycles. The third kappa shape index (κ3) is 6.08. The first-order chi connectivity index (χ1) is 17.5. The Morgan fingerprint density at radius 3 is 2.70 bits per heavy atom. The van der Waals surface area contributed by atoms with Gasteiger partial charge in [0.2, 0.25) is 11.8 Å². The van der Waals surface area contributed by atoms with Crippen molar-refractivity contribution in [2.45, 2.75) is 32.2 Å². The van der Waals surface area contributed by atoms with Crippen LogP contribution in [0.3, 0.4) is 0 Å². The zero-order valence-electron chi connectivity index (χ0n) is 19.9. The number of carbonyl (C=O) groups is 2. The third-order valence-corrected chi connectivity index (χ3v) is 5.87. The Hall–Kier alpha value is -3.93. The molecule has 2 aromatic carbocycles. The minimum absolute atomic E-state index is 0.0277. The van der Waals surface area contributed by atoms with Gasteiger partial charge in [-0.3, -0.25) is 9.59 Å². The number of carbonyl (C=O) groups excluding carboxylic acids is 2. The van der Waals surface area contributed by atoms with Crippen LogP contribution in [0, 0.1) is 11.7 Å². The van der Waals surface area contributed by atoms with E-state index >= 15 is 0 Å². The second-order valence-corrected chi connectivity index (χ2v) is 8.53. The second kappa shape index (κ2) is 10.6. The highest BCUT2D eigenvalue weighted by Gasteiger charge is 2.36. The van der Waals surface area contributed by atoms with Crippen LogP contribution in [0.2, 0.25) is 0 Å². The van der Waals surface area contributed by atoms with Crippen LogP contribution in [0.4, 0.5) is 23.4 Å². The molecule has 0 saturated carbocycles. The van der Waals surface area contributed by atoms with E-state index in [0.29, 0.717) is 22.6 Å². The number of benzene rings is 2. The van der Waals surface area contributed by atoms with Gasteiger partial charge in [0.1, 0.15) is 17.3 Å². The van der Waals surface area contributed by atoms with Gasteiger partial charge < -0.3 is 20.1 Å². The molecule has 12 heteroatoms. The van der Waals surface area contributed by atoms with Crippen LogP contribution in [0.25, 0.3) is 16.9 Å². The Morgan fingerprint density at radius 2 is 2.03 bits per heavy atom. The molecule has 8 nitrogen and oxygen atoms in total. The van der Waals surface area contributed by atoms with Crippen molar-refractivity contribution < 1.29 is 36.6 Å². The first-order valence-electron chi connectivity index (χ1n) is 11.3. The molecule has 2 atom stereocenters. The molecule has 0 spiro atoms. The number of hydrogen-bond donors (Lipinski definition) is 2. The highest BCUT2D eigenvalue weighted by Crippen LogP contribution is 2.31. The Kier molecular flexibility index (Phi) is 7.48. The molecule has 37 heavy (non-hydrogen) atoms. The Bertz CT molecular complexity index is 1310. The Morgan fingerprint density at radius 1 is 1.24 bits per heavy atom. The maximum absolute atomic E-state index is 14.9. The summed E-state index contributed by atoms with van der Waals surface area (Å²) in [7, 11) is 1.43. The lowest BCUT2D eigenvalue weighted by Gasteiger charge is -2.16. The standard InChI is InChI=1S/C25H24F4N4O4/c1-14(25(27,28)29)37-13-15-4-3-5-16(8-15)20-11-22(31-24(35)17-9-23(34)30-12-17)32-33(20)21-10-18(36-2)6-7-19(21)26/h3-8,10-11,14,17H,9,12-13H2,1-2H3,(H,30,34)(H,31,32,35)/t14-,17+/m1/s1. The minimum Gasteiger partial charge on any atom is -0.497 e. The predicted molar refractivity (Wildman–Crippen MR) is 126 cm³/mol. The van der Waals surface area contributed by atoms with Crippen molar-refractivity contribution >= 4 is 17.6 Å². The molecule has 0 bridgehead atoms. The average molecular weight is 520 g/mol. The summed E-state index contributed by atoms with van der Waals surface area (Å²) < 4.78 is 64.8. The van der Waals surface area contributed by atoms with Gasteiger partial charge in [0.15, 0.2) is 11.9 Å². The number of aromatic nitrogens is 2. The normalized spacial score (nSPS) is 16.4. The molecule has 0 unspecified atom stereocenters. The number of alkyl halides is 3. The first kappa shape index (κ1) is 26.1. The first-order valence-corrected chi connectivity index (χ1v) is 11.3. The molecule has 2 amide bonds. The van der Waals surface area contributed by atoms with Gasteiger partial charge in [-0.05, 0) is 30.7 Å². The molecule has 2 N–H and O–H groups in total. The van der Waals surface area contributed by atoms with Crippen molar-refractivity contribution in [3.05, 3.63) is 59.9 Å². The van der Waals surface area contributed by atoms with E-state index in [0.717, 1.165) is 6.92 Å². The van der Waals surface area contributed by atoms with Gasteiger partial charge in [0.25, 0.3) is 0 Å². The number of methoxy groups -OCH3 is 1. The summed E-state index contributed by atoms with van der Waals surface area (Å²) in [5.74, 6) is -1.39. The molecule has 1 fully saturated rings. The molecule has 1 aliphatic rings. The van der Waals surface area contributed by atoms with E-state index in [1.165, 1.54) is 36.1 Å². The van der Waals surface area contributed by atoms with Crippen molar-refractivity contribution in [2.75, 3.05) is 19.0 Å². The molecular formula is C25H24F4N4O4. The summed E-state index contributed by atoms with van der Waals surface area (Å²) in [6.07, 6.45) is -6.40. The maximum atomic E-state index is 14.9. The molecule has 4 rings (SSSR count). The summed E-state index contributed by atoms with van der Waals surface area (Å²) in [6, 6.07) is 12.1. The van der Waals surface area contributed by atoms with Crippen molar-refractivity contribution in [3.63, 3.8) is 0 Å². The summed E-state index contributed by atoms with van der Waals surface area (Å²) in [5, 5.41) is 9.61. The lowest BCUT2D eigenvalue weighted by molar-refractivity contribution is -0.217. The van der Waals surface area contributed by atoms with Crippen LogP contribution >= 0.6 is 0 Å². The van der Waals surface area contributed by atoms with Crippen LogP contribution in [-0.2, 0) is 20.9 Å². The topological polar surface area (TPSA) is 94.5 Å². The number of amides is 2. The van der Waals surface area contributed by atoms with Gasteiger partial charge in [-0.2, -0.15) is 13.2 Å². The van der Waals surface area contributed by atoms with E-state index in [2.05, 4.69) is 15.7 Å². The molecule has 3 aromatic rings. The number of anilines is 1. The SMILES string of the molecule is COc1ccc(F)c(-n2nc(NC(=O)[C@@H]3CNC(=O)C3)cc2-c2cccc(CO[C@H](C)C(F)(F)F)c2)c1. The fraction of sp³-hybridized carbons (Fsp3) is 0.320. The van der Waals surface area contributed by atoms with Crippen molar-refractivity contribution in [3.8, 4) is 22.7 Å². The Balaban J connectivity index is 1.69. The zero-order chi connectivity index (χ0) is 26.7. The summed E-state index contributed by atoms with van der Waals surface area (Å²) in [6.45, 7) is 0.816. The van der Waals surface area contributed by atoms with Crippen molar-refractivity contribution in [1.82, 2.24) is 15.1 Å². The average Bonchev–Trinajstić information content (AvgIpc) is 3.49. The fourth-order valence-electron chi connectivity index (χ4n) is 3.77. The Labute approximate surface area is 209 Å². The quantitative estimate of drug-likeness (QED) is 0.434. The molecule has 2 heterocycles. The highest BCUT2D eigenvalue weighted by atomic mass is 19.4. The largest absolute Gasteiger partial charge is 0.497 e. The lowest BCUT2D eigenvalue weighted by Crippen LogP contribution is -2.28. The third-order valence-electron chi connectivity index (χ3n) is 5.87. The minimum atomic E-state index is -4.49. The van der Waals surface area contributed by atoms with Crippen LogP contribution in [0.1, 0.15) is 18.9 Å². The molecule has 196 valence electrons. The van der Waals surface area contributed by atoms with Gasteiger partial charge in [-0.25, -0.2) is 9.07 Å². The lowest BCUT2D eigenvalue weighted by atomic mass is 10.1. The van der Waals surface area contributed by atoms with Gasteiger partial charge in [0, 0.05) is 30.7 Å². The molecule has 1 aromatic heterocycles. The highest BCUT2D eigenvalue weighted by molar-refractivity contribution is 5.97. The number of nitrogens with zero attached hydrogens (tertiary/aromatic N) is 2. The van der Waals surface area contributed by atoms with Crippen LogP contribution < -0.4 is 15.4 Å². The van der Waals surface area contributed by atoms with Gasteiger partial charge >= 0.3 is 6.18 Å². The smallest absolute Gasteiger partial charge is 0.414 e. The molecule has 0 aliphatic carbocycles. The van der Waals surface area contributed by atoms with Gasteiger partial charge in [-0.15, -0.1) is 5.10 Å². The zero-order valence-corrected chi connectivity index (χ0v) is 19.9. The number of hydrogen-bond acceptors (Lipinski definition) is 5. The van der Waals surface area contributed by atoms with E-state index in [-0.39, 0.29) is 37.0 Å². The number of ether oxygens (including phenoxy) is 2. The van der Waals surface area contributed by atoms with Crippen LogP contribution in [-0.4, -0.2) is 47.5 Å². The fourth-order valence-corrected chi connectivity index (χ4v) is 3.77. The summed E-state index contributed by atoms with van der Waals surface area (Å²) in [5.41, 5.74) is 1.33. The maximum Gasteiger partial charge on any atom is 0.414 e. The van der Waals surface area contributed by atoms with E-state index in [1.54, 1.807) is 24.3 Å². The summed E-state index contributed by atoms with van der Waals surface area (Å²) >= 11 is 0. The number of nitrogens with one attached hydrogen (secondary N) is 2. The van der Waals surface area contributed by atoms with Crippen LogP contribution in [0.15, 0.2) is 48.5 Å². The summed E-state index contributed by atoms with van der Waals surface area (Å²) in [4.78, 5) is 24.1. The second-order valence-electron chi connectivity index (χ2n) is 8.53. The van der Waals surface area contributed by atoms with Crippen molar-refractivity contribution in [2.24, 2.45) is 5.92 Å². The van der Waals surface area contributed by atoms with E-state index in [1.807, 2.05) is 0 Å². The predicted octanol–water partition coefficient (Wildman–Crippen LogP) is 4.23. The van der Waals surface area contributed by atoms with Crippen molar-refractivity contribution in [1.29, 1.82) is 0 Å². The molecular weight excluding hydrogens is 496 g/mol. The monoisotopic (exact) mass is 520 g/mol. The molecule has 1 saturated heterocycles. The molecule has 0 radical (unpaired) electrons. The van der Waals surface area contributed by atoms with Gasteiger partial charge in [0.05, 0.1) is 25.3 Å². The number of halogens is 4. The van der Waals surface area contributed by atoms with E-state index in [4.69, 9.17) is 9.47 Å². The van der Waals surface area contributed by atoms with Crippen LogP contribution in [0.5, 0.6) is 5.75 Å².